The van der Waals surface area contributed by atoms with Gasteiger partial charge < -0.3 is 10.6 Å². The Balaban J connectivity index is 1.54. The van der Waals surface area contributed by atoms with E-state index in [1.807, 2.05) is 0 Å². The number of hydrogen-bond acceptors (Lipinski definition) is 5. The van der Waals surface area contributed by atoms with E-state index >= 15 is 0 Å². The highest BCUT2D eigenvalue weighted by atomic mass is 35.5. The normalized spacial score (nSPS) is 18.5. The molecule has 0 aromatic heterocycles. The molecule has 1 heterocycles. The van der Waals surface area contributed by atoms with Crippen LogP contribution in [0.5, 0.6) is 0 Å². The number of urea groups is 1. The summed E-state index contributed by atoms with van der Waals surface area (Å²) in [6.07, 6.45) is 2.85. The molecule has 2 N–H and O–H groups in total. The fourth-order valence-corrected chi connectivity index (χ4v) is 4.76. The first-order valence-electron chi connectivity index (χ1n) is 9.26. The first-order chi connectivity index (χ1) is 13.6. The van der Waals surface area contributed by atoms with Crippen molar-refractivity contribution >= 4 is 45.2 Å². The summed E-state index contributed by atoms with van der Waals surface area (Å²) in [6, 6.07) is 5.85. The molecule has 0 bridgehead atoms. The van der Waals surface area contributed by atoms with E-state index in [1.165, 1.54) is 7.05 Å². The predicted molar refractivity (Wildman–Crippen MR) is 108 cm³/mol. The summed E-state index contributed by atoms with van der Waals surface area (Å²) in [7, 11) is -2.57. The van der Waals surface area contributed by atoms with Crippen molar-refractivity contribution in [3.63, 3.8) is 0 Å². The highest BCUT2D eigenvalue weighted by Gasteiger charge is 2.52. The van der Waals surface area contributed by atoms with Crippen molar-refractivity contribution in [2.45, 2.75) is 31.2 Å². The van der Waals surface area contributed by atoms with Crippen molar-refractivity contribution in [3.8, 4) is 0 Å². The van der Waals surface area contributed by atoms with Crippen LogP contribution in [0.3, 0.4) is 0 Å². The van der Waals surface area contributed by atoms with Gasteiger partial charge in [-0.05, 0) is 37.1 Å². The van der Waals surface area contributed by atoms with Gasteiger partial charge in [0.25, 0.3) is 5.91 Å². The molecule has 9 nitrogen and oxygen atoms in total. The Hall–Kier alpha value is -2.17. The number of carbonyl (C=O) groups excluding carboxylic acids is 3. The fraction of sp³-hybridized carbons (Fsp3) is 0.500. The number of hydrogen-bond donors (Lipinski definition) is 2. The zero-order valence-electron chi connectivity index (χ0n) is 16.0. The van der Waals surface area contributed by atoms with Crippen LogP contribution in [-0.4, -0.2) is 66.9 Å². The van der Waals surface area contributed by atoms with Crippen molar-refractivity contribution in [3.05, 3.63) is 29.3 Å². The first kappa shape index (κ1) is 21.5. The monoisotopic (exact) mass is 442 g/mol. The van der Waals surface area contributed by atoms with Crippen LogP contribution in [0.4, 0.5) is 10.5 Å². The first-order valence-corrected chi connectivity index (χ1v) is 11.3. The number of benzene rings is 1. The van der Waals surface area contributed by atoms with Crippen molar-refractivity contribution in [1.29, 1.82) is 0 Å². The third-order valence-electron chi connectivity index (χ3n) is 5.24. The van der Waals surface area contributed by atoms with E-state index in [9.17, 15) is 22.8 Å². The molecule has 1 spiro atoms. The molecule has 0 unspecified atom stereocenters. The molecule has 1 aliphatic heterocycles. The Morgan fingerprint density at radius 2 is 1.86 bits per heavy atom. The Morgan fingerprint density at radius 3 is 2.48 bits per heavy atom. The van der Waals surface area contributed by atoms with Gasteiger partial charge in [0.15, 0.2) is 0 Å². The molecule has 158 valence electrons. The van der Waals surface area contributed by atoms with Crippen LogP contribution in [0.1, 0.15) is 25.7 Å². The lowest BCUT2D eigenvalue weighted by molar-refractivity contribution is -0.131. The summed E-state index contributed by atoms with van der Waals surface area (Å²) in [4.78, 5) is 37.8. The van der Waals surface area contributed by atoms with Gasteiger partial charge in [-0.25, -0.2) is 13.2 Å². The highest BCUT2D eigenvalue weighted by Crippen LogP contribution is 2.34. The van der Waals surface area contributed by atoms with Crippen LogP contribution in [0.2, 0.25) is 5.02 Å². The topological polar surface area (TPSA) is 116 Å². The van der Waals surface area contributed by atoms with E-state index in [0.29, 0.717) is 23.6 Å². The second-order valence-corrected chi connectivity index (χ2v) is 9.94. The van der Waals surface area contributed by atoms with Crippen molar-refractivity contribution in [2.75, 3.05) is 31.2 Å². The minimum Gasteiger partial charge on any atom is -0.325 e. The quantitative estimate of drug-likeness (QED) is 0.619. The summed E-state index contributed by atoms with van der Waals surface area (Å²) >= 11 is 5.78. The van der Waals surface area contributed by atoms with Crippen molar-refractivity contribution in [1.82, 2.24) is 14.5 Å². The van der Waals surface area contributed by atoms with E-state index in [0.717, 1.165) is 22.0 Å². The molecular formula is C18H23ClN4O5S. The summed E-state index contributed by atoms with van der Waals surface area (Å²) < 4.78 is 25.9. The van der Waals surface area contributed by atoms with Crippen LogP contribution >= 0.6 is 11.6 Å². The Morgan fingerprint density at radius 1 is 1.24 bits per heavy atom. The molecule has 0 radical (unpaired) electrons. The van der Waals surface area contributed by atoms with Crippen molar-refractivity contribution in [2.24, 2.45) is 0 Å². The van der Waals surface area contributed by atoms with E-state index in [4.69, 9.17) is 11.6 Å². The minimum atomic E-state index is -3.85. The van der Waals surface area contributed by atoms with Crippen LogP contribution in [0.25, 0.3) is 0 Å². The van der Waals surface area contributed by atoms with E-state index in [2.05, 4.69) is 10.6 Å². The van der Waals surface area contributed by atoms with Gasteiger partial charge in [-0.3, -0.25) is 14.5 Å². The highest BCUT2D eigenvalue weighted by molar-refractivity contribution is 7.89. The zero-order chi connectivity index (χ0) is 21.2. The second-order valence-electron chi connectivity index (χ2n) is 7.30. The molecule has 29 heavy (non-hydrogen) atoms. The molecule has 1 aromatic rings. The fourth-order valence-electron chi connectivity index (χ4n) is 3.59. The van der Waals surface area contributed by atoms with Crippen LogP contribution in [0, 0.1) is 0 Å². The number of imide groups is 1. The average Bonchev–Trinajstić information content (AvgIpc) is 3.21. The van der Waals surface area contributed by atoms with E-state index < -0.39 is 39.8 Å². The third kappa shape index (κ3) is 4.71. The standard InChI is InChI=1S/C18H23ClN4O5S/c1-22(12-15(24)20-14-6-4-13(19)5-7-14)29(27,28)11-10-23-16(25)18(21-17(23)26)8-2-3-9-18/h4-7H,2-3,8-12H2,1H3,(H,20,24)(H,21,26). The zero-order valence-corrected chi connectivity index (χ0v) is 17.6. The lowest BCUT2D eigenvalue weighted by Crippen LogP contribution is -2.45. The Labute approximate surface area is 174 Å². The molecule has 1 aliphatic carbocycles. The molecule has 1 saturated carbocycles. The molecule has 11 heteroatoms. The van der Waals surface area contributed by atoms with Gasteiger partial charge in [0.2, 0.25) is 15.9 Å². The SMILES string of the molecule is CN(CC(=O)Nc1ccc(Cl)cc1)S(=O)(=O)CCN1C(=O)NC2(CCCC2)C1=O. The van der Waals surface area contributed by atoms with Crippen LogP contribution in [-0.2, 0) is 19.6 Å². The summed E-state index contributed by atoms with van der Waals surface area (Å²) in [5.74, 6) is -1.33. The van der Waals surface area contributed by atoms with Crippen LogP contribution < -0.4 is 10.6 Å². The number of nitrogens with zero attached hydrogens (tertiary/aromatic N) is 2. The number of rotatable bonds is 7. The van der Waals surface area contributed by atoms with Crippen LogP contribution in [0.15, 0.2) is 24.3 Å². The molecule has 0 atom stereocenters. The smallest absolute Gasteiger partial charge is 0.325 e. The molecule has 4 amide bonds. The number of nitrogens with one attached hydrogen (secondary N) is 2. The Kier molecular flexibility index (Phi) is 6.16. The van der Waals surface area contributed by atoms with Gasteiger partial charge in [-0.2, -0.15) is 4.31 Å². The number of amides is 4. The lowest BCUT2D eigenvalue weighted by atomic mass is 9.98. The summed E-state index contributed by atoms with van der Waals surface area (Å²) in [6.45, 7) is -0.646. The Bertz CT molecular complexity index is 913. The number of likely N-dealkylation sites (N-methyl/N-ethyl adjacent to an activating group) is 1. The van der Waals surface area contributed by atoms with E-state index in [-0.39, 0.29) is 12.5 Å². The van der Waals surface area contributed by atoms with Gasteiger partial charge in [-0.15, -0.1) is 0 Å². The third-order valence-corrected chi connectivity index (χ3v) is 7.27. The van der Waals surface area contributed by atoms with Gasteiger partial charge in [0.1, 0.15) is 5.54 Å². The maximum Gasteiger partial charge on any atom is 0.325 e. The minimum absolute atomic E-state index is 0.252. The molecular weight excluding hydrogens is 420 g/mol. The second kappa shape index (κ2) is 8.29. The van der Waals surface area contributed by atoms with E-state index in [1.54, 1.807) is 24.3 Å². The van der Waals surface area contributed by atoms with Gasteiger partial charge in [0.05, 0.1) is 12.3 Å². The summed E-state index contributed by atoms with van der Waals surface area (Å²) in [5.41, 5.74) is -0.378. The van der Waals surface area contributed by atoms with Gasteiger partial charge >= 0.3 is 6.03 Å². The molecule has 2 fully saturated rings. The van der Waals surface area contributed by atoms with Crippen molar-refractivity contribution < 1.29 is 22.8 Å². The summed E-state index contributed by atoms with van der Waals surface area (Å²) in [5, 5.41) is 5.81. The maximum atomic E-state index is 12.6. The lowest BCUT2D eigenvalue weighted by Gasteiger charge is -2.21. The molecule has 2 aliphatic rings. The maximum absolute atomic E-state index is 12.6. The average molecular weight is 443 g/mol. The van der Waals surface area contributed by atoms with Gasteiger partial charge in [0, 0.05) is 24.3 Å². The number of halogens is 1. The number of anilines is 1. The number of carbonyl (C=O) groups is 3. The molecule has 1 saturated heterocycles. The largest absolute Gasteiger partial charge is 0.325 e. The predicted octanol–water partition coefficient (Wildman–Crippen LogP) is 1.40. The van der Waals surface area contributed by atoms with Gasteiger partial charge in [-0.1, -0.05) is 24.4 Å². The molecule has 1 aromatic carbocycles. The molecule has 3 rings (SSSR count). The number of sulfonamides is 1.